The molecule has 1 heterocycles. The van der Waals surface area contributed by atoms with Gasteiger partial charge in [0.1, 0.15) is 0 Å². The summed E-state index contributed by atoms with van der Waals surface area (Å²) in [5.74, 6) is 0.702. The lowest BCUT2D eigenvalue weighted by Gasteiger charge is -2.32. The number of ether oxygens (including phenoxy) is 1. The third-order valence-electron chi connectivity index (χ3n) is 3.25. The van der Waals surface area contributed by atoms with Crippen LogP contribution in [0.2, 0.25) is 0 Å². The van der Waals surface area contributed by atoms with Crippen LogP contribution >= 0.6 is 0 Å². The minimum atomic E-state index is 0.190. The number of aromatic hydroxyl groups is 1. The van der Waals surface area contributed by atoms with Crippen molar-refractivity contribution in [3.63, 3.8) is 0 Å². The molecule has 1 aliphatic rings. The summed E-state index contributed by atoms with van der Waals surface area (Å²) < 4.78 is 5.02. The molecule has 1 saturated heterocycles. The van der Waals surface area contributed by atoms with Crippen LogP contribution in [0.5, 0.6) is 11.5 Å². The Morgan fingerprint density at radius 1 is 1.28 bits per heavy atom. The van der Waals surface area contributed by atoms with Crippen LogP contribution in [0.1, 0.15) is 5.56 Å². The highest BCUT2D eigenvalue weighted by molar-refractivity contribution is 5.41. The number of phenolic OH excluding ortho intramolecular Hbond substituents is 1. The van der Waals surface area contributed by atoms with Gasteiger partial charge in [0.2, 0.25) is 0 Å². The third-order valence-corrected chi connectivity index (χ3v) is 3.25. The number of methoxy groups -OCH3 is 1. The predicted molar refractivity (Wildman–Crippen MR) is 70.6 cm³/mol. The van der Waals surface area contributed by atoms with Gasteiger partial charge in [0.15, 0.2) is 11.5 Å². The first-order chi connectivity index (χ1) is 8.69. The Kier molecular flexibility index (Phi) is 4.41. The van der Waals surface area contributed by atoms with Gasteiger partial charge >= 0.3 is 0 Å². The summed E-state index contributed by atoms with van der Waals surface area (Å²) in [4.78, 5) is 2.32. The lowest BCUT2D eigenvalue weighted by atomic mass is 10.2. The van der Waals surface area contributed by atoms with E-state index in [0.717, 1.165) is 38.3 Å². The molecule has 0 aromatic heterocycles. The van der Waals surface area contributed by atoms with Crippen molar-refractivity contribution in [3.8, 4) is 11.5 Å². The molecule has 0 saturated carbocycles. The van der Waals surface area contributed by atoms with Gasteiger partial charge in [-0.2, -0.15) is 0 Å². The van der Waals surface area contributed by atoms with Crippen LogP contribution in [0.25, 0.3) is 0 Å². The molecule has 0 amide bonds. The first kappa shape index (κ1) is 13.1. The smallest absolute Gasteiger partial charge is 0.160 e. The molecule has 1 fully saturated rings. The van der Waals surface area contributed by atoms with Crippen molar-refractivity contribution in [1.29, 1.82) is 0 Å². The van der Waals surface area contributed by atoms with Gasteiger partial charge in [-0.25, -0.2) is 5.01 Å². The molecule has 0 spiro atoms. The molecule has 0 aliphatic carbocycles. The maximum Gasteiger partial charge on any atom is 0.160 e. The molecule has 1 aromatic carbocycles. The number of phenols is 1. The molecule has 5 nitrogen and oxygen atoms in total. The van der Waals surface area contributed by atoms with E-state index in [-0.39, 0.29) is 5.75 Å². The van der Waals surface area contributed by atoms with Crippen molar-refractivity contribution in [3.05, 3.63) is 23.8 Å². The average Bonchev–Trinajstić information content (AvgIpc) is 2.38. The fourth-order valence-electron chi connectivity index (χ4n) is 2.01. The number of hydrazine groups is 1. The zero-order valence-corrected chi connectivity index (χ0v) is 11.0. The second-order valence-electron chi connectivity index (χ2n) is 4.63. The van der Waals surface area contributed by atoms with Crippen LogP contribution < -0.4 is 10.2 Å². The number of rotatable bonds is 4. The molecule has 18 heavy (non-hydrogen) atoms. The van der Waals surface area contributed by atoms with Gasteiger partial charge in [-0.05, 0) is 24.7 Å². The number of benzene rings is 1. The van der Waals surface area contributed by atoms with E-state index in [9.17, 15) is 5.11 Å². The lowest BCUT2D eigenvalue weighted by Crippen LogP contribution is -2.50. The molecular formula is C13H21N3O2. The third kappa shape index (κ3) is 3.35. The van der Waals surface area contributed by atoms with Gasteiger partial charge in [-0.15, -0.1) is 0 Å². The second kappa shape index (κ2) is 6.04. The molecule has 100 valence electrons. The van der Waals surface area contributed by atoms with E-state index in [1.807, 2.05) is 6.07 Å². The van der Waals surface area contributed by atoms with E-state index >= 15 is 0 Å². The largest absolute Gasteiger partial charge is 0.504 e. The quantitative estimate of drug-likeness (QED) is 0.823. The number of hydrogen-bond acceptors (Lipinski definition) is 5. The monoisotopic (exact) mass is 251 g/mol. The molecule has 0 atom stereocenters. The first-order valence-corrected chi connectivity index (χ1v) is 6.22. The lowest BCUT2D eigenvalue weighted by molar-refractivity contribution is 0.102. The zero-order chi connectivity index (χ0) is 13.0. The fourth-order valence-corrected chi connectivity index (χ4v) is 2.01. The predicted octanol–water partition coefficient (Wildman–Crippen LogP) is 0.653. The molecule has 2 N–H and O–H groups in total. The fraction of sp³-hybridized carbons (Fsp3) is 0.538. The Hall–Kier alpha value is -1.30. The van der Waals surface area contributed by atoms with Crippen molar-refractivity contribution < 1.29 is 9.84 Å². The summed E-state index contributed by atoms with van der Waals surface area (Å²) in [6.07, 6.45) is 0. The van der Waals surface area contributed by atoms with E-state index in [1.54, 1.807) is 19.2 Å². The van der Waals surface area contributed by atoms with E-state index in [4.69, 9.17) is 4.74 Å². The molecule has 2 rings (SSSR count). The summed E-state index contributed by atoms with van der Waals surface area (Å²) in [7, 11) is 3.69. The second-order valence-corrected chi connectivity index (χ2v) is 4.63. The maximum atomic E-state index is 9.69. The molecule has 0 bridgehead atoms. The number of nitrogens with zero attached hydrogens (tertiary/aromatic N) is 2. The van der Waals surface area contributed by atoms with Crippen LogP contribution in [0.4, 0.5) is 0 Å². The SMILES string of the molecule is COc1ccc(CNN2CCN(C)CC2)cc1O. The van der Waals surface area contributed by atoms with Crippen LogP contribution in [-0.4, -0.2) is 55.4 Å². The van der Waals surface area contributed by atoms with E-state index in [1.165, 1.54) is 0 Å². The minimum absolute atomic E-state index is 0.190. The molecule has 1 aromatic rings. The molecule has 5 heteroatoms. The molecular weight excluding hydrogens is 230 g/mol. The van der Waals surface area contributed by atoms with E-state index in [0.29, 0.717) is 5.75 Å². The highest BCUT2D eigenvalue weighted by Gasteiger charge is 2.13. The number of nitrogens with one attached hydrogen (secondary N) is 1. The standard InChI is InChI=1S/C13H21N3O2/c1-15-5-7-16(8-6-15)14-10-11-3-4-13(18-2)12(17)9-11/h3-4,9,14,17H,5-8,10H2,1-2H3. The van der Waals surface area contributed by atoms with Crippen LogP contribution in [0, 0.1) is 0 Å². The Balaban J connectivity index is 1.84. The van der Waals surface area contributed by atoms with Crippen molar-refractivity contribution in [1.82, 2.24) is 15.3 Å². The number of piperazine rings is 1. The van der Waals surface area contributed by atoms with Crippen molar-refractivity contribution in [2.24, 2.45) is 0 Å². The Bertz CT molecular complexity index is 390. The number of likely N-dealkylation sites (N-methyl/N-ethyl adjacent to an activating group) is 1. The Morgan fingerprint density at radius 3 is 2.61 bits per heavy atom. The minimum Gasteiger partial charge on any atom is -0.504 e. The summed E-state index contributed by atoms with van der Waals surface area (Å²) in [5.41, 5.74) is 4.43. The number of hydrogen-bond donors (Lipinski definition) is 2. The Morgan fingerprint density at radius 2 is 2.00 bits per heavy atom. The van der Waals surface area contributed by atoms with Gasteiger partial charge < -0.3 is 14.7 Å². The maximum absolute atomic E-state index is 9.69. The summed E-state index contributed by atoms with van der Waals surface area (Å²) >= 11 is 0. The highest BCUT2D eigenvalue weighted by atomic mass is 16.5. The molecule has 1 aliphatic heterocycles. The average molecular weight is 251 g/mol. The normalized spacial score (nSPS) is 17.9. The topological polar surface area (TPSA) is 48.0 Å². The molecule has 0 unspecified atom stereocenters. The Labute approximate surface area is 108 Å². The van der Waals surface area contributed by atoms with Crippen molar-refractivity contribution in [2.45, 2.75) is 6.54 Å². The van der Waals surface area contributed by atoms with Crippen LogP contribution in [0.3, 0.4) is 0 Å². The zero-order valence-electron chi connectivity index (χ0n) is 11.0. The summed E-state index contributed by atoms with van der Waals surface area (Å²) in [6.45, 7) is 4.94. The van der Waals surface area contributed by atoms with Gasteiger partial charge in [0, 0.05) is 32.7 Å². The van der Waals surface area contributed by atoms with Crippen LogP contribution in [0.15, 0.2) is 18.2 Å². The first-order valence-electron chi connectivity index (χ1n) is 6.22. The van der Waals surface area contributed by atoms with Gasteiger partial charge in [0.05, 0.1) is 7.11 Å². The van der Waals surface area contributed by atoms with Gasteiger partial charge in [-0.3, -0.25) is 5.43 Å². The molecule has 0 radical (unpaired) electrons. The van der Waals surface area contributed by atoms with Gasteiger partial charge in [-0.1, -0.05) is 6.07 Å². The highest BCUT2D eigenvalue weighted by Crippen LogP contribution is 2.26. The van der Waals surface area contributed by atoms with E-state index < -0.39 is 0 Å². The van der Waals surface area contributed by atoms with E-state index in [2.05, 4.69) is 22.4 Å². The van der Waals surface area contributed by atoms with Gasteiger partial charge in [0.25, 0.3) is 0 Å². The van der Waals surface area contributed by atoms with Crippen molar-refractivity contribution >= 4 is 0 Å². The van der Waals surface area contributed by atoms with Crippen molar-refractivity contribution in [2.75, 3.05) is 40.3 Å². The summed E-state index contributed by atoms with van der Waals surface area (Å²) in [5, 5.41) is 11.9. The summed E-state index contributed by atoms with van der Waals surface area (Å²) in [6, 6.07) is 5.49. The van der Waals surface area contributed by atoms with Crippen LogP contribution in [-0.2, 0) is 6.54 Å².